The van der Waals surface area contributed by atoms with E-state index < -0.39 is 72.7 Å². The quantitative estimate of drug-likeness (QED) is 0.334. The molecule has 0 bridgehead atoms. The molecule has 0 aliphatic heterocycles. The van der Waals surface area contributed by atoms with Gasteiger partial charge in [-0.15, -0.1) is 0 Å². The molecule has 0 heterocycles. The molecule has 0 saturated carbocycles. The number of carbonyl (C=O) groups is 3. The third kappa shape index (κ3) is 14.0. The first-order chi connectivity index (χ1) is 13.7. The van der Waals surface area contributed by atoms with Crippen LogP contribution in [0.4, 0.5) is 0 Å². The lowest BCUT2D eigenvalue weighted by atomic mass is 10.1. The topological polar surface area (TPSA) is 143 Å². The molecule has 0 fully saturated rings. The van der Waals surface area contributed by atoms with Crippen LogP contribution < -0.4 is 0 Å². The van der Waals surface area contributed by atoms with Gasteiger partial charge in [-0.1, -0.05) is 0 Å². The zero-order chi connectivity index (χ0) is 24.8. The van der Waals surface area contributed by atoms with Crippen molar-refractivity contribution >= 4 is 17.9 Å². The van der Waals surface area contributed by atoms with E-state index in [1.807, 2.05) is 0 Å². The third-order valence-electron chi connectivity index (χ3n) is 3.33. The summed E-state index contributed by atoms with van der Waals surface area (Å²) in [6, 6.07) is 0. The number of carbonyl (C=O) groups excluding carboxylic acids is 3. The Kier molecular flexibility index (Phi) is 10.6. The largest absolute Gasteiger partial charge is 0.458 e. The van der Waals surface area contributed by atoms with Gasteiger partial charge in [0.05, 0.1) is 0 Å². The normalized spacial score (nSPS) is 15.8. The van der Waals surface area contributed by atoms with E-state index in [-0.39, 0.29) is 0 Å². The molecule has 3 atom stereocenters. The predicted molar refractivity (Wildman–Crippen MR) is 112 cm³/mol. The van der Waals surface area contributed by atoms with Crippen molar-refractivity contribution < 1.29 is 43.9 Å². The SMILES string of the molecule is CC(C)(C)OC(=O)C(O)CN(CC(O)C(=O)OC(C)(C)C)CC(O)C(=O)OC(C)(C)C. The molecule has 0 aromatic rings. The fourth-order valence-electron chi connectivity index (χ4n) is 2.29. The molecule has 0 aromatic heterocycles. The monoisotopic (exact) mass is 449 g/mol. The van der Waals surface area contributed by atoms with Crippen molar-refractivity contribution in [2.75, 3.05) is 19.6 Å². The molecule has 0 spiro atoms. The van der Waals surface area contributed by atoms with E-state index in [2.05, 4.69) is 0 Å². The number of nitrogens with zero attached hydrogens (tertiary/aromatic N) is 1. The first-order valence-corrected chi connectivity index (χ1v) is 10.2. The lowest BCUT2D eigenvalue weighted by Gasteiger charge is -2.30. The highest BCUT2D eigenvalue weighted by Gasteiger charge is 2.32. The van der Waals surface area contributed by atoms with E-state index in [9.17, 15) is 29.7 Å². The predicted octanol–water partition coefficient (Wildman–Crippen LogP) is 0.396. The van der Waals surface area contributed by atoms with Crippen molar-refractivity contribution in [1.82, 2.24) is 4.90 Å². The van der Waals surface area contributed by atoms with Crippen LogP contribution >= 0.6 is 0 Å². The first kappa shape index (κ1) is 29.2. The Morgan fingerprint density at radius 2 is 0.774 bits per heavy atom. The fourth-order valence-corrected chi connectivity index (χ4v) is 2.29. The maximum atomic E-state index is 12.1. The van der Waals surface area contributed by atoms with Gasteiger partial charge in [-0.3, -0.25) is 4.90 Å². The highest BCUT2D eigenvalue weighted by Crippen LogP contribution is 2.13. The molecule has 10 heteroatoms. The minimum Gasteiger partial charge on any atom is -0.458 e. The van der Waals surface area contributed by atoms with Crippen molar-refractivity contribution in [2.45, 2.75) is 97.4 Å². The molecule has 182 valence electrons. The second-order valence-electron chi connectivity index (χ2n) is 10.4. The van der Waals surface area contributed by atoms with Crippen LogP contribution in [-0.4, -0.2) is 92.9 Å². The Hall–Kier alpha value is -1.75. The number of ether oxygens (including phenoxy) is 3. The molecule has 0 aliphatic carbocycles. The van der Waals surface area contributed by atoms with Gasteiger partial charge in [0, 0.05) is 19.6 Å². The highest BCUT2D eigenvalue weighted by atomic mass is 16.6. The third-order valence-corrected chi connectivity index (χ3v) is 3.33. The average Bonchev–Trinajstić information content (AvgIpc) is 2.49. The summed E-state index contributed by atoms with van der Waals surface area (Å²) in [5.41, 5.74) is -2.52. The molecule has 0 saturated heterocycles. The molecule has 0 rings (SSSR count). The van der Waals surface area contributed by atoms with Gasteiger partial charge in [0.1, 0.15) is 16.8 Å². The van der Waals surface area contributed by atoms with E-state index in [1.165, 1.54) is 4.90 Å². The average molecular weight is 450 g/mol. The maximum Gasteiger partial charge on any atom is 0.336 e. The summed E-state index contributed by atoms with van der Waals surface area (Å²) < 4.78 is 15.3. The number of aliphatic hydroxyl groups excluding tert-OH is 3. The standard InChI is InChI=1S/C21H39NO9/c1-19(2,3)29-16(26)13(23)10-22(11-14(24)17(27)30-20(4,5)6)12-15(25)18(28)31-21(7,8)9/h13-15,23-25H,10-12H2,1-9H3. The van der Waals surface area contributed by atoms with Crippen LogP contribution in [0.15, 0.2) is 0 Å². The van der Waals surface area contributed by atoms with Crippen molar-refractivity contribution in [3.05, 3.63) is 0 Å². The van der Waals surface area contributed by atoms with Crippen molar-refractivity contribution in [1.29, 1.82) is 0 Å². The van der Waals surface area contributed by atoms with Crippen LogP contribution in [0.3, 0.4) is 0 Å². The summed E-state index contributed by atoms with van der Waals surface area (Å²) >= 11 is 0. The van der Waals surface area contributed by atoms with Crippen LogP contribution in [0.1, 0.15) is 62.3 Å². The van der Waals surface area contributed by atoms with E-state index >= 15 is 0 Å². The van der Waals surface area contributed by atoms with Crippen LogP contribution in [0, 0.1) is 0 Å². The maximum absolute atomic E-state index is 12.1. The number of aliphatic hydroxyl groups is 3. The van der Waals surface area contributed by atoms with E-state index in [0.717, 1.165) is 0 Å². The van der Waals surface area contributed by atoms with E-state index in [1.54, 1.807) is 62.3 Å². The molecule has 31 heavy (non-hydrogen) atoms. The van der Waals surface area contributed by atoms with Crippen LogP contribution in [-0.2, 0) is 28.6 Å². The van der Waals surface area contributed by atoms with Gasteiger partial charge in [0.2, 0.25) is 0 Å². The fraction of sp³-hybridized carbons (Fsp3) is 0.857. The van der Waals surface area contributed by atoms with Gasteiger partial charge < -0.3 is 29.5 Å². The summed E-state index contributed by atoms with van der Waals surface area (Å²) in [6.45, 7) is 13.5. The van der Waals surface area contributed by atoms with Gasteiger partial charge in [-0.05, 0) is 62.3 Å². The molecule has 0 amide bonds. The summed E-state index contributed by atoms with van der Waals surface area (Å²) in [5, 5.41) is 30.6. The molecule has 3 unspecified atom stereocenters. The number of rotatable bonds is 9. The van der Waals surface area contributed by atoms with Gasteiger partial charge in [0.25, 0.3) is 0 Å². The Labute approximate surface area is 184 Å². The second-order valence-corrected chi connectivity index (χ2v) is 10.4. The first-order valence-electron chi connectivity index (χ1n) is 10.2. The molecular weight excluding hydrogens is 410 g/mol. The highest BCUT2D eigenvalue weighted by molar-refractivity contribution is 5.76. The van der Waals surface area contributed by atoms with Crippen molar-refractivity contribution in [3.8, 4) is 0 Å². The molecule has 0 aromatic carbocycles. The second kappa shape index (κ2) is 11.2. The summed E-state index contributed by atoms with van der Waals surface area (Å²) in [4.78, 5) is 37.5. The van der Waals surface area contributed by atoms with Crippen LogP contribution in [0.5, 0.6) is 0 Å². The van der Waals surface area contributed by atoms with Gasteiger partial charge in [-0.25, -0.2) is 14.4 Å². The van der Waals surface area contributed by atoms with Crippen molar-refractivity contribution in [2.24, 2.45) is 0 Å². The molecule has 3 N–H and O–H groups in total. The van der Waals surface area contributed by atoms with Crippen LogP contribution in [0.2, 0.25) is 0 Å². The van der Waals surface area contributed by atoms with E-state index in [4.69, 9.17) is 14.2 Å². The summed E-state index contributed by atoms with van der Waals surface area (Å²) in [7, 11) is 0. The molecular formula is C21H39NO9. The molecule has 0 radical (unpaired) electrons. The number of esters is 3. The lowest BCUT2D eigenvalue weighted by Crippen LogP contribution is -2.49. The number of hydrogen-bond donors (Lipinski definition) is 3. The minimum atomic E-state index is -1.64. The Balaban J connectivity index is 5.34. The van der Waals surface area contributed by atoms with Gasteiger partial charge in [-0.2, -0.15) is 0 Å². The molecule has 10 nitrogen and oxygen atoms in total. The zero-order valence-corrected chi connectivity index (χ0v) is 20.1. The molecule has 0 aliphatic rings. The lowest BCUT2D eigenvalue weighted by molar-refractivity contribution is -0.170. The Morgan fingerprint density at radius 3 is 0.935 bits per heavy atom. The Bertz CT molecular complexity index is 528. The smallest absolute Gasteiger partial charge is 0.336 e. The van der Waals surface area contributed by atoms with Gasteiger partial charge >= 0.3 is 17.9 Å². The summed E-state index contributed by atoms with van der Waals surface area (Å²) in [6.07, 6.45) is -4.93. The minimum absolute atomic E-state index is 0.408. The zero-order valence-electron chi connectivity index (χ0n) is 20.1. The number of hydrogen-bond acceptors (Lipinski definition) is 10. The van der Waals surface area contributed by atoms with Gasteiger partial charge in [0.15, 0.2) is 18.3 Å². The summed E-state index contributed by atoms with van der Waals surface area (Å²) in [5.74, 6) is -2.76. The van der Waals surface area contributed by atoms with Crippen molar-refractivity contribution in [3.63, 3.8) is 0 Å². The van der Waals surface area contributed by atoms with Crippen LogP contribution in [0.25, 0.3) is 0 Å². The Morgan fingerprint density at radius 1 is 0.581 bits per heavy atom. The van der Waals surface area contributed by atoms with E-state index in [0.29, 0.717) is 0 Å².